The Morgan fingerprint density at radius 1 is 0.902 bits per heavy atom. The highest BCUT2D eigenvalue weighted by Gasteiger charge is 2.40. The first-order valence-corrected chi connectivity index (χ1v) is 16.4. The molecule has 0 unspecified atom stereocenters. The molecule has 1 aliphatic carbocycles. The second-order valence-electron chi connectivity index (χ2n) is 12.6. The number of benzene rings is 2. The first kappa shape index (κ1) is 29.9. The molecule has 2 aliphatic rings. The topological polar surface area (TPSA) is 87.6 Å². The van der Waals surface area contributed by atoms with Gasteiger partial charge in [0.25, 0.3) is 0 Å². The molecule has 1 saturated carbocycles. The first-order valence-electron chi connectivity index (χ1n) is 14.9. The molecule has 0 spiro atoms. The van der Waals surface area contributed by atoms with Crippen LogP contribution in [0.1, 0.15) is 125 Å². The van der Waals surface area contributed by atoms with E-state index in [0.717, 1.165) is 47.9 Å². The predicted molar refractivity (Wildman–Crippen MR) is 162 cm³/mol. The van der Waals surface area contributed by atoms with Gasteiger partial charge in [-0.25, -0.2) is 4.98 Å². The van der Waals surface area contributed by atoms with Crippen LogP contribution in [0, 0.1) is 6.92 Å². The van der Waals surface area contributed by atoms with Crippen molar-refractivity contribution in [3.8, 4) is 5.88 Å². The Balaban J connectivity index is 1.70. The van der Waals surface area contributed by atoms with E-state index in [1.165, 1.54) is 5.56 Å². The number of aryl methyl sites for hydroxylation is 1. The van der Waals surface area contributed by atoms with E-state index in [-0.39, 0.29) is 28.5 Å². The summed E-state index contributed by atoms with van der Waals surface area (Å²) in [6.45, 7) is 15.3. The Hall–Kier alpha value is -2.55. The highest BCUT2D eigenvalue weighted by atomic mass is 32.2. The van der Waals surface area contributed by atoms with Gasteiger partial charge in [-0.2, -0.15) is 13.4 Å². The second kappa shape index (κ2) is 11.3. The van der Waals surface area contributed by atoms with Gasteiger partial charge in [0.15, 0.2) is 0 Å². The minimum absolute atomic E-state index is 0.00811. The molecular weight excluding hydrogens is 536 g/mol. The van der Waals surface area contributed by atoms with Crippen molar-refractivity contribution in [2.75, 3.05) is 20.3 Å². The number of ether oxygens (including phenoxy) is 2. The fraction of sp³-hybridized carbons (Fsp3) is 0.576. The van der Waals surface area contributed by atoms with E-state index in [2.05, 4.69) is 24.9 Å². The molecule has 0 radical (unpaired) electrons. The fourth-order valence-corrected chi connectivity index (χ4v) is 7.66. The van der Waals surface area contributed by atoms with Gasteiger partial charge in [0.05, 0.1) is 16.5 Å². The molecule has 0 bridgehead atoms. The number of fused-ring (bicyclic) bond motifs is 1. The number of hydrogen-bond donors (Lipinski definition) is 0. The van der Waals surface area contributed by atoms with Gasteiger partial charge in [0.1, 0.15) is 10.7 Å². The van der Waals surface area contributed by atoms with E-state index in [4.69, 9.17) is 18.6 Å². The van der Waals surface area contributed by atoms with Crippen molar-refractivity contribution < 1.29 is 22.1 Å². The van der Waals surface area contributed by atoms with Gasteiger partial charge in [0, 0.05) is 33.2 Å². The van der Waals surface area contributed by atoms with E-state index >= 15 is 0 Å². The molecule has 7 nitrogen and oxygen atoms in total. The van der Waals surface area contributed by atoms with Gasteiger partial charge < -0.3 is 13.7 Å². The van der Waals surface area contributed by atoms with Gasteiger partial charge in [-0.15, -0.1) is 0 Å². The molecule has 1 aliphatic heterocycles. The lowest BCUT2D eigenvalue weighted by Gasteiger charge is -2.38. The SMILES string of the molecule is COC1(c2cc3c(OS(=O)(=O)c4c(C(C)C)cc(C(C)C)cc4C(C)C)nc(C)nc3cc2C2CC2)CCOCC1. The summed E-state index contributed by atoms with van der Waals surface area (Å²) < 4.78 is 46.4. The second-order valence-corrected chi connectivity index (χ2v) is 14.1. The minimum Gasteiger partial charge on any atom is -0.381 e. The van der Waals surface area contributed by atoms with Gasteiger partial charge in [0.2, 0.25) is 5.88 Å². The van der Waals surface area contributed by atoms with Crippen LogP contribution in [0.5, 0.6) is 5.88 Å². The summed E-state index contributed by atoms with van der Waals surface area (Å²) in [6.07, 6.45) is 3.71. The summed E-state index contributed by atoms with van der Waals surface area (Å²) in [5.74, 6) is 1.24. The third-order valence-corrected chi connectivity index (χ3v) is 10.0. The van der Waals surface area contributed by atoms with Crippen LogP contribution in [0.2, 0.25) is 0 Å². The molecule has 2 aromatic carbocycles. The maximum atomic E-state index is 14.3. The monoisotopic (exact) mass is 580 g/mol. The maximum absolute atomic E-state index is 14.3. The third kappa shape index (κ3) is 5.75. The van der Waals surface area contributed by atoms with Crippen molar-refractivity contribution in [3.05, 3.63) is 57.9 Å². The van der Waals surface area contributed by atoms with E-state index in [1.54, 1.807) is 14.0 Å². The average molecular weight is 581 g/mol. The Bertz CT molecular complexity index is 1520. The van der Waals surface area contributed by atoms with Crippen molar-refractivity contribution >= 4 is 21.0 Å². The molecule has 41 heavy (non-hydrogen) atoms. The molecule has 2 heterocycles. The van der Waals surface area contributed by atoms with Crippen LogP contribution in [0.3, 0.4) is 0 Å². The van der Waals surface area contributed by atoms with Crippen molar-refractivity contribution in [3.63, 3.8) is 0 Å². The fourth-order valence-electron chi connectivity index (χ4n) is 6.07. The molecule has 1 saturated heterocycles. The zero-order valence-corrected chi connectivity index (χ0v) is 26.5. The highest BCUT2D eigenvalue weighted by molar-refractivity contribution is 7.87. The van der Waals surface area contributed by atoms with E-state index < -0.39 is 15.7 Å². The molecule has 222 valence electrons. The predicted octanol–water partition coefficient (Wildman–Crippen LogP) is 7.61. The van der Waals surface area contributed by atoms with Crippen LogP contribution < -0.4 is 4.18 Å². The smallest absolute Gasteiger partial charge is 0.341 e. The number of rotatable bonds is 9. The molecule has 0 amide bonds. The van der Waals surface area contributed by atoms with Crippen LogP contribution >= 0.6 is 0 Å². The molecule has 5 rings (SSSR count). The van der Waals surface area contributed by atoms with Crippen molar-refractivity contribution in [1.29, 1.82) is 0 Å². The van der Waals surface area contributed by atoms with E-state index in [0.29, 0.717) is 35.9 Å². The van der Waals surface area contributed by atoms with Crippen LogP contribution in [0.25, 0.3) is 10.9 Å². The summed E-state index contributed by atoms with van der Waals surface area (Å²) >= 11 is 0. The third-order valence-electron chi connectivity index (χ3n) is 8.66. The molecular formula is C33H44N2O5S. The quantitative estimate of drug-likeness (QED) is 0.241. The number of nitrogens with zero attached hydrogens (tertiary/aromatic N) is 2. The Kier molecular flexibility index (Phi) is 8.22. The number of hydrogen-bond acceptors (Lipinski definition) is 7. The van der Waals surface area contributed by atoms with Crippen LogP contribution in [0.15, 0.2) is 29.2 Å². The largest absolute Gasteiger partial charge is 0.381 e. The van der Waals surface area contributed by atoms with Crippen molar-refractivity contribution in [2.45, 2.75) is 108 Å². The summed E-state index contributed by atoms with van der Waals surface area (Å²) in [7, 11) is -2.48. The summed E-state index contributed by atoms with van der Waals surface area (Å²) in [4.78, 5) is 9.52. The number of aromatic nitrogens is 2. The van der Waals surface area contributed by atoms with Crippen LogP contribution in [0.4, 0.5) is 0 Å². The standard InChI is InChI=1S/C33H44N2O5S/c1-19(2)24-15-25(20(3)4)31(26(16-24)21(5)6)41(36,37)40-32-28-17-29(33(38-8)11-13-39-14-12-33)27(23-9-10-23)18-30(28)34-22(7)35-32/h15-21,23H,9-14H2,1-8H3. The molecule has 8 heteroatoms. The Morgan fingerprint density at radius 3 is 2.02 bits per heavy atom. The van der Waals surface area contributed by atoms with E-state index in [1.807, 2.05) is 45.9 Å². The van der Waals surface area contributed by atoms with Gasteiger partial charge in [-0.1, -0.05) is 53.7 Å². The van der Waals surface area contributed by atoms with Crippen molar-refractivity contribution in [1.82, 2.24) is 9.97 Å². The van der Waals surface area contributed by atoms with Crippen molar-refractivity contribution in [2.24, 2.45) is 0 Å². The normalized spacial score (nSPS) is 17.6. The molecule has 2 fully saturated rings. The number of methoxy groups -OCH3 is 1. The summed E-state index contributed by atoms with van der Waals surface area (Å²) in [5, 5.41) is 0.581. The molecule has 1 aromatic heterocycles. The molecule has 3 aromatic rings. The summed E-state index contributed by atoms with van der Waals surface area (Å²) in [6, 6.07) is 8.17. The van der Waals surface area contributed by atoms with Gasteiger partial charge in [-0.05, 0) is 83.4 Å². The molecule has 0 N–H and O–H groups in total. The highest BCUT2D eigenvalue weighted by Crippen LogP contribution is 2.49. The van der Waals surface area contributed by atoms with Gasteiger partial charge >= 0.3 is 10.1 Å². The first-order chi connectivity index (χ1) is 19.4. The van der Waals surface area contributed by atoms with Crippen LogP contribution in [-0.4, -0.2) is 38.7 Å². The maximum Gasteiger partial charge on any atom is 0.341 e. The van der Waals surface area contributed by atoms with Gasteiger partial charge in [-0.3, -0.25) is 0 Å². The summed E-state index contributed by atoms with van der Waals surface area (Å²) in [5.41, 5.74) is 5.14. The lowest BCUT2D eigenvalue weighted by molar-refractivity contribution is -0.0951. The minimum atomic E-state index is -4.23. The Labute approximate surface area is 245 Å². The lowest BCUT2D eigenvalue weighted by Crippen LogP contribution is -2.36. The van der Waals surface area contributed by atoms with E-state index in [9.17, 15) is 8.42 Å². The molecule has 0 atom stereocenters. The zero-order valence-electron chi connectivity index (χ0n) is 25.7. The van der Waals surface area contributed by atoms with Crippen LogP contribution in [-0.2, 0) is 25.2 Å². The Morgan fingerprint density at radius 2 is 1.51 bits per heavy atom. The lowest BCUT2D eigenvalue weighted by atomic mass is 9.81. The average Bonchev–Trinajstić information content (AvgIpc) is 3.77. The zero-order chi connectivity index (χ0) is 29.7.